The van der Waals surface area contributed by atoms with Gasteiger partial charge in [0, 0.05) is 26.2 Å². The van der Waals surface area contributed by atoms with Crippen molar-refractivity contribution >= 4 is 10.3 Å². The van der Waals surface area contributed by atoms with E-state index >= 15 is 0 Å². The molecule has 1 rings (SSSR count). The van der Waals surface area contributed by atoms with E-state index in [-0.39, 0.29) is 6.10 Å². The van der Waals surface area contributed by atoms with Gasteiger partial charge in [0.2, 0.25) is 0 Å². The van der Waals surface area contributed by atoms with E-state index in [0.717, 1.165) is 36.8 Å². The zero-order valence-corrected chi connectivity index (χ0v) is 14.4. The minimum atomic E-state index is -4.03. The molecule has 0 atom stereocenters. The Bertz CT molecular complexity index is 406. The van der Waals surface area contributed by atoms with Crippen molar-refractivity contribution in [2.75, 3.05) is 39.8 Å². The molecule has 0 amide bonds. The number of hydrogen-bond acceptors (Lipinski definition) is 4. The van der Waals surface area contributed by atoms with Crippen LogP contribution in [0.3, 0.4) is 0 Å². The zero-order chi connectivity index (χ0) is 16.4. The molecule has 1 aliphatic rings. The second kappa shape index (κ2) is 10.3. The Kier molecular flexibility index (Phi) is 9.19. The molecule has 0 saturated carbocycles. The van der Waals surface area contributed by atoms with Gasteiger partial charge in [0.05, 0.1) is 6.10 Å². The highest BCUT2D eigenvalue weighted by atomic mass is 32.2. The van der Waals surface area contributed by atoms with Gasteiger partial charge in [-0.05, 0) is 39.3 Å². The summed E-state index contributed by atoms with van der Waals surface area (Å²) in [7, 11) is -1.93. The van der Waals surface area contributed by atoms with E-state index in [0.29, 0.717) is 25.9 Å². The molecule has 0 aromatic rings. The summed E-state index contributed by atoms with van der Waals surface area (Å²) in [5.74, 6) is 0. The third-order valence-electron chi connectivity index (χ3n) is 3.96. The molecule has 1 saturated heterocycles. The van der Waals surface area contributed by atoms with Crippen LogP contribution in [-0.4, -0.2) is 68.1 Å². The highest BCUT2D eigenvalue weighted by Crippen LogP contribution is 2.16. The quantitative estimate of drug-likeness (QED) is 0.355. The van der Waals surface area contributed by atoms with Gasteiger partial charge >= 0.3 is 10.3 Å². The highest BCUT2D eigenvalue weighted by Gasteiger charge is 2.26. The molecule has 7 heteroatoms. The molecule has 1 aliphatic heterocycles. The van der Waals surface area contributed by atoms with Crippen molar-refractivity contribution < 1.29 is 17.7 Å². The summed E-state index contributed by atoms with van der Waals surface area (Å²) in [6, 6.07) is 0. The number of likely N-dealkylation sites (N-methyl/N-ethyl adjacent to an activating group) is 1. The number of piperidine rings is 1. The second-order valence-electron chi connectivity index (χ2n) is 5.91. The first-order chi connectivity index (χ1) is 10.4. The van der Waals surface area contributed by atoms with Gasteiger partial charge in [0.1, 0.15) is 0 Å². The summed E-state index contributed by atoms with van der Waals surface area (Å²) in [5, 5.41) is 0. The van der Waals surface area contributed by atoms with Crippen molar-refractivity contribution in [2.24, 2.45) is 0 Å². The monoisotopic (exact) mass is 334 g/mol. The van der Waals surface area contributed by atoms with E-state index in [4.69, 9.17) is 9.29 Å². The van der Waals surface area contributed by atoms with Gasteiger partial charge in [0.15, 0.2) is 0 Å². The molecular formula is C15H30N2O4S. The molecule has 1 N–H and O–H groups in total. The summed E-state index contributed by atoms with van der Waals surface area (Å²) in [6.45, 7) is 7.19. The second-order valence-corrected chi connectivity index (χ2v) is 7.32. The number of nitrogens with zero attached hydrogens (tertiary/aromatic N) is 2. The molecule has 0 spiro atoms. The lowest BCUT2D eigenvalue weighted by Crippen LogP contribution is -2.40. The SMILES string of the molecule is C=CCN(C)CCCCCCOC1CCN(S(=O)(=O)O)CC1. The molecule has 6 nitrogen and oxygen atoms in total. The molecule has 1 heterocycles. The standard InChI is InChI=1S/C15H30N2O4S/c1-3-10-16(2)11-6-4-5-7-14-21-15-8-12-17(13-9-15)22(18,19)20/h3,15H,1,4-14H2,2H3,(H,18,19,20). The van der Waals surface area contributed by atoms with E-state index < -0.39 is 10.3 Å². The molecule has 22 heavy (non-hydrogen) atoms. The third kappa shape index (κ3) is 8.24. The van der Waals surface area contributed by atoms with Crippen molar-refractivity contribution in [3.63, 3.8) is 0 Å². The molecular weight excluding hydrogens is 304 g/mol. The van der Waals surface area contributed by atoms with Gasteiger partial charge in [-0.15, -0.1) is 6.58 Å². The van der Waals surface area contributed by atoms with Crippen LogP contribution in [0.2, 0.25) is 0 Å². The largest absolute Gasteiger partial charge is 0.378 e. The normalized spacial score (nSPS) is 18.0. The summed E-state index contributed by atoms with van der Waals surface area (Å²) >= 11 is 0. The predicted molar refractivity (Wildman–Crippen MR) is 88.3 cm³/mol. The Balaban J connectivity index is 1.97. The van der Waals surface area contributed by atoms with Crippen LogP contribution in [-0.2, 0) is 15.0 Å². The Hall–Kier alpha value is -0.470. The Morgan fingerprint density at radius 1 is 1.27 bits per heavy atom. The van der Waals surface area contributed by atoms with Crippen molar-refractivity contribution in [1.82, 2.24) is 9.21 Å². The summed E-state index contributed by atoms with van der Waals surface area (Å²) in [6.07, 6.45) is 7.95. The van der Waals surface area contributed by atoms with E-state index in [1.54, 1.807) is 0 Å². The maximum Gasteiger partial charge on any atom is 0.335 e. The minimum absolute atomic E-state index is 0.122. The topological polar surface area (TPSA) is 70.1 Å². The Morgan fingerprint density at radius 2 is 1.91 bits per heavy atom. The number of ether oxygens (including phenoxy) is 1. The summed E-state index contributed by atoms with van der Waals surface area (Å²) in [4.78, 5) is 2.26. The summed E-state index contributed by atoms with van der Waals surface area (Å²) < 4.78 is 37.8. The van der Waals surface area contributed by atoms with E-state index in [1.165, 1.54) is 12.8 Å². The van der Waals surface area contributed by atoms with Crippen LogP contribution in [0.5, 0.6) is 0 Å². The molecule has 0 radical (unpaired) electrons. The first-order valence-electron chi connectivity index (χ1n) is 8.07. The first kappa shape index (κ1) is 19.6. The van der Waals surface area contributed by atoms with Crippen molar-refractivity contribution in [1.29, 1.82) is 0 Å². The fraction of sp³-hybridized carbons (Fsp3) is 0.867. The molecule has 0 unspecified atom stereocenters. The number of rotatable bonds is 11. The van der Waals surface area contributed by atoms with Gasteiger partial charge in [-0.3, -0.25) is 4.55 Å². The lowest BCUT2D eigenvalue weighted by molar-refractivity contribution is 0.0181. The summed E-state index contributed by atoms with van der Waals surface area (Å²) in [5.41, 5.74) is 0. The van der Waals surface area contributed by atoms with Crippen LogP contribution in [0.4, 0.5) is 0 Å². The lowest BCUT2D eigenvalue weighted by atomic mass is 10.1. The Labute approximate surface area is 135 Å². The fourth-order valence-electron chi connectivity index (χ4n) is 2.63. The molecule has 0 bridgehead atoms. The number of hydrogen-bond donors (Lipinski definition) is 1. The van der Waals surface area contributed by atoms with Crippen LogP contribution in [0.15, 0.2) is 12.7 Å². The van der Waals surface area contributed by atoms with Crippen molar-refractivity contribution in [2.45, 2.75) is 44.6 Å². The van der Waals surface area contributed by atoms with E-state index in [9.17, 15) is 8.42 Å². The van der Waals surface area contributed by atoms with Crippen molar-refractivity contribution in [3.05, 3.63) is 12.7 Å². The van der Waals surface area contributed by atoms with Gasteiger partial charge in [0.25, 0.3) is 0 Å². The predicted octanol–water partition coefficient (Wildman–Crippen LogP) is 1.95. The van der Waals surface area contributed by atoms with Gasteiger partial charge < -0.3 is 9.64 Å². The van der Waals surface area contributed by atoms with Crippen LogP contribution in [0.25, 0.3) is 0 Å². The molecule has 0 aromatic carbocycles. The van der Waals surface area contributed by atoms with E-state index in [1.807, 2.05) is 6.08 Å². The van der Waals surface area contributed by atoms with Crippen LogP contribution >= 0.6 is 0 Å². The maximum atomic E-state index is 11.0. The molecule has 1 fully saturated rings. The fourth-order valence-corrected chi connectivity index (χ4v) is 3.30. The lowest BCUT2D eigenvalue weighted by Gasteiger charge is -2.29. The van der Waals surface area contributed by atoms with E-state index in [2.05, 4.69) is 18.5 Å². The molecule has 0 aliphatic carbocycles. The smallest absolute Gasteiger partial charge is 0.335 e. The Morgan fingerprint density at radius 3 is 2.50 bits per heavy atom. The minimum Gasteiger partial charge on any atom is -0.378 e. The maximum absolute atomic E-state index is 11.0. The van der Waals surface area contributed by atoms with Gasteiger partial charge in [-0.1, -0.05) is 18.9 Å². The van der Waals surface area contributed by atoms with Crippen LogP contribution in [0, 0.1) is 0 Å². The van der Waals surface area contributed by atoms with Crippen LogP contribution in [0.1, 0.15) is 38.5 Å². The molecule has 130 valence electrons. The average Bonchev–Trinajstić information content (AvgIpc) is 2.46. The number of unbranched alkanes of at least 4 members (excludes halogenated alkanes) is 3. The average molecular weight is 334 g/mol. The third-order valence-corrected chi connectivity index (χ3v) is 4.97. The van der Waals surface area contributed by atoms with Gasteiger partial charge in [-0.25, -0.2) is 0 Å². The zero-order valence-electron chi connectivity index (χ0n) is 13.6. The first-order valence-corrected chi connectivity index (χ1v) is 9.46. The van der Waals surface area contributed by atoms with Crippen molar-refractivity contribution in [3.8, 4) is 0 Å². The van der Waals surface area contributed by atoms with Crippen LogP contribution < -0.4 is 0 Å². The highest BCUT2D eigenvalue weighted by molar-refractivity contribution is 7.83. The van der Waals surface area contributed by atoms with Gasteiger partial charge in [-0.2, -0.15) is 12.7 Å². The molecule has 0 aromatic heterocycles.